The van der Waals surface area contributed by atoms with Gasteiger partial charge in [0.2, 0.25) is 0 Å². The second-order valence-corrected chi connectivity index (χ2v) is 6.70. The van der Waals surface area contributed by atoms with E-state index in [1.807, 2.05) is 36.4 Å². The van der Waals surface area contributed by atoms with Crippen LogP contribution in [-0.2, 0) is 4.79 Å². The van der Waals surface area contributed by atoms with E-state index in [0.29, 0.717) is 11.0 Å². The van der Waals surface area contributed by atoms with Crippen LogP contribution in [0.4, 0.5) is 5.69 Å². The second-order valence-electron chi connectivity index (χ2n) is 5.64. The Hall–Kier alpha value is -2.27. The Kier molecular flexibility index (Phi) is 6.44. The van der Waals surface area contributed by atoms with Crippen LogP contribution >= 0.6 is 11.8 Å². The number of ether oxygens (including phenoxy) is 1. The van der Waals surface area contributed by atoms with Gasteiger partial charge in [0.1, 0.15) is 5.75 Å². The molecule has 0 fully saturated rings. The topological polar surface area (TPSA) is 50.7 Å². The molecule has 0 amide bonds. The number of anilines is 1. The number of carbonyl (C=O) groups excluding carboxylic acids is 1. The van der Waals surface area contributed by atoms with Gasteiger partial charge in [-0.05, 0) is 47.9 Å². The molecule has 0 aromatic heterocycles. The molecule has 0 aliphatic rings. The molecule has 0 aliphatic heterocycles. The minimum Gasteiger partial charge on any atom is -0.497 e. The summed E-state index contributed by atoms with van der Waals surface area (Å²) in [5, 5.41) is 4.66. The van der Waals surface area contributed by atoms with Crippen molar-refractivity contribution >= 4 is 28.3 Å². The monoisotopic (exact) mass is 342 g/mol. The van der Waals surface area contributed by atoms with Crippen LogP contribution in [0.15, 0.2) is 58.5 Å². The summed E-state index contributed by atoms with van der Waals surface area (Å²) in [5.74, 6) is 1.19. The first-order chi connectivity index (χ1) is 11.5. The number of methoxy groups -OCH3 is 1. The van der Waals surface area contributed by atoms with E-state index in [1.54, 1.807) is 7.11 Å². The molecule has 5 heteroatoms. The van der Waals surface area contributed by atoms with Gasteiger partial charge in [0.25, 0.3) is 0 Å². The molecule has 2 rings (SSSR count). The van der Waals surface area contributed by atoms with Crippen LogP contribution in [0.25, 0.3) is 0 Å². The van der Waals surface area contributed by atoms with Gasteiger partial charge in [-0.2, -0.15) is 5.10 Å². The number of carbonyl (C=O) groups is 1. The van der Waals surface area contributed by atoms with E-state index < -0.39 is 0 Å². The third-order valence-electron chi connectivity index (χ3n) is 3.44. The van der Waals surface area contributed by atoms with Crippen LogP contribution in [0.5, 0.6) is 5.75 Å². The van der Waals surface area contributed by atoms with Crippen LogP contribution in [0.2, 0.25) is 0 Å². The molecule has 0 atom stereocenters. The van der Waals surface area contributed by atoms with E-state index in [1.165, 1.54) is 24.2 Å². The summed E-state index contributed by atoms with van der Waals surface area (Å²) in [4.78, 5) is 12.8. The van der Waals surface area contributed by atoms with Gasteiger partial charge >= 0.3 is 0 Å². The number of rotatable bonds is 6. The number of ketones is 1. The molecule has 0 saturated carbocycles. The second kappa shape index (κ2) is 8.55. The lowest BCUT2D eigenvalue weighted by Crippen LogP contribution is -2.08. The molecular formula is C19H22N2O2S. The van der Waals surface area contributed by atoms with Crippen LogP contribution in [0, 0.1) is 0 Å². The van der Waals surface area contributed by atoms with Gasteiger partial charge in [-0.15, -0.1) is 0 Å². The Bertz CT molecular complexity index is 707. The highest BCUT2D eigenvalue weighted by molar-refractivity contribution is 8.15. The fourth-order valence-corrected chi connectivity index (χ4v) is 2.72. The molecule has 0 radical (unpaired) electrons. The molecule has 0 aliphatic carbocycles. The van der Waals surface area contributed by atoms with Crippen LogP contribution in [-0.4, -0.2) is 17.9 Å². The van der Waals surface area contributed by atoms with E-state index in [2.05, 4.69) is 36.5 Å². The molecule has 4 nitrogen and oxygen atoms in total. The van der Waals surface area contributed by atoms with E-state index in [4.69, 9.17) is 4.74 Å². The highest BCUT2D eigenvalue weighted by Gasteiger charge is 2.09. The molecule has 2 aromatic rings. The number of nitrogens with zero attached hydrogens (tertiary/aromatic N) is 1. The smallest absolute Gasteiger partial charge is 0.186 e. The average Bonchev–Trinajstić information content (AvgIpc) is 2.59. The fourth-order valence-electron chi connectivity index (χ4n) is 1.99. The highest BCUT2D eigenvalue weighted by Crippen LogP contribution is 2.24. The first kappa shape index (κ1) is 18.1. The van der Waals surface area contributed by atoms with Crippen molar-refractivity contribution in [2.45, 2.75) is 31.6 Å². The predicted molar refractivity (Wildman–Crippen MR) is 101 cm³/mol. The maximum absolute atomic E-state index is 11.8. The summed E-state index contributed by atoms with van der Waals surface area (Å²) in [6.45, 7) is 5.83. The van der Waals surface area contributed by atoms with Gasteiger partial charge in [0, 0.05) is 11.8 Å². The number of nitrogens with one attached hydrogen (secondary N) is 1. The summed E-state index contributed by atoms with van der Waals surface area (Å²) in [6.07, 6.45) is 0. The Labute approximate surface area is 147 Å². The molecule has 2 aromatic carbocycles. The number of benzene rings is 2. The first-order valence-corrected chi connectivity index (χ1v) is 8.57. The average molecular weight is 342 g/mol. The number of hydrazone groups is 1. The molecule has 126 valence electrons. The zero-order valence-electron chi connectivity index (χ0n) is 14.4. The van der Waals surface area contributed by atoms with Gasteiger partial charge in [0.05, 0.1) is 12.8 Å². The van der Waals surface area contributed by atoms with Crippen LogP contribution < -0.4 is 10.2 Å². The fraction of sp³-hybridized carbons (Fsp3) is 0.263. The minimum atomic E-state index is -0.0750. The number of Topliss-reactive ketones (excluding diaryl/α,β-unsaturated/α-hetero) is 1. The Balaban J connectivity index is 2.08. The van der Waals surface area contributed by atoms with Gasteiger partial charge in [-0.25, -0.2) is 0 Å². The maximum atomic E-state index is 11.8. The molecule has 1 N–H and O–H groups in total. The first-order valence-electron chi connectivity index (χ1n) is 7.76. The molecule has 24 heavy (non-hydrogen) atoms. The van der Waals surface area contributed by atoms with E-state index >= 15 is 0 Å². The largest absolute Gasteiger partial charge is 0.497 e. The van der Waals surface area contributed by atoms with E-state index in [9.17, 15) is 4.79 Å². The standard InChI is InChI=1S/C19H22N2O2S/c1-13(2)15-5-11-18(12-6-15)24-19(14(3)22)21-20-16-7-9-17(23-4)10-8-16/h5-13,20H,1-4H3. The summed E-state index contributed by atoms with van der Waals surface area (Å²) in [5.41, 5.74) is 4.99. The quantitative estimate of drug-likeness (QED) is 0.350. The Morgan fingerprint density at radius 1 is 1.08 bits per heavy atom. The zero-order chi connectivity index (χ0) is 17.5. The highest BCUT2D eigenvalue weighted by atomic mass is 32.2. The Morgan fingerprint density at radius 2 is 1.71 bits per heavy atom. The van der Waals surface area contributed by atoms with Crippen molar-refractivity contribution in [1.82, 2.24) is 0 Å². The van der Waals surface area contributed by atoms with Crippen molar-refractivity contribution < 1.29 is 9.53 Å². The zero-order valence-corrected chi connectivity index (χ0v) is 15.2. The number of hydrogen-bond donors (Lipinski definition) is 1. The van der Waals surface area contributed by atoms with Crippen molar-refractivity contribution in [2.75, 3.05) is 12.5 Å². The molecule has 0 unspecified atom stereocenters. The van der Waals surface area contributed by atoms with Crippen molar-refractivity contribution in [3.05, 3.63) is 54.1 Å². The minimum absolute atomic E-state index is 0.0750. The van der Waals surface area contributed by atoms with Crippen molar-refractivity contribution in [3.8, 4) is 5.75 Å². The van der Waals surface area contributed by atoms with Crippen molar-refractivity contribution in [2.24, 2.45) is 5.10 Å². The van der Waals surface area contributed by atoms with Crippen molar-refractivity contribution in [1.29, 1.82) is 0 Å². The predicted octanol–water partition coefficient (Wildman–Crippen LogP) is 4.93. The summed E-state index contributed by atoms with van der Waals surface area (Å²) in [6, 6.07) is 15.6. The molecular weight excluding hydrogens is 320 g/mol. The summed E-state index contributed by atoms with van der Waals surface area (Å²) >= 11 is 1.36. The van der Waals surface area contributed by atoms with Gasteiger partial charge < -0.3 is 4.74 Å². The SMILES string of the molecule is COc1ccc(NN=C(Sc2ccc(C(C)C)cc2)C(C)=O)cc1. The molecule has 0 bridgehead atoms. The van der Waals surface area contributed by atoms with E-state index in [0.717, 1.165) is 16.3 Å². The molecule has 0 heterocycles. The van der Waals surface area contributed by atoms with Crippen LogP contribution in [0.1, 0.15) is 32.3 Å². The lowest BCUT2D eigenvalue weighted by molar-refractivity contribution is -0.110. The normalized spacial score (nSPS) is 11.5. The Morgan fingerprint density at radius 3 is 2.21 bits per heavy atom. The number of thioether (sulfide) groups is 1. The summed E-state index contributed by atoms with van der Waals surface area (Å²) in [7, 11) is 1.62. The molecule has 0 saturated heterocycles. The number of hydrogen-bond acceptors (Lipinski definition) is 5. The van der Waals surface area contributed by atoms with Gasteiger partial charge in [0.15, 0.2) is 10.8 Å². The summed E-state index contributed by atoms with van der Waals surface area (Å²) < 4.78 is 5.12. The maximum Gasteiger partial charge on any atom is 0.186 e. The van der Waals surface area contributed by atoms with Gasteiger partial charge in [-0.3, -0.25) is 10.2 Å². The lowest BCUT2D eigenvalue weighted by Gasteiger charge is -2.08. The third-order valence-corrected chi connectivity index (χ3v) is 4.52. The molecule has 0 spiro atoms. The van der Waals surface area contributed by atoms with E-state index in [-0.39, 0.29) is 5.78 Å². The van der Waals surface area contributed by atoms with Crippen LogP contribution in [0.3, 0.4) is 0 Å². The van der Waals surface area contributed by atoms with Crippen molar-refractivity contribution in [3.63, 3.8) is 0 Å². The lowest BCUT2D eigenvalue weighted by atomic mass is 10.0. The third kappa shape index (κ3) is 5.13. The van der Waals surface area contributed by atoms with Gasteiger partial charge in [-0.1, -0.05) is 37.7 Å².